The van der Waals surface area contributed by atoms with E-state index < -0.39 is 0 Å². The Morgan fingerprint density at radius 1 is 1.30 bits per heavy atom. The molecule has 0 aliphatic carbocycles. The first-order valence-corrected chi connectivity index (χ1v) is 7.45. The number of rotatable bonds is 6. The van der Waals surface area contributed by atoms with E-state index in [-0.39, 0.29) is 11.9 Å². The van der Waals surface area contributed by atoms with Crippen molar-refractivity contribution in [1.29, 1.82) is 0 Å². The standard InChI is InChI=1S/C15H22Cl2N2O/c1-10(2)7-14(15(20)19(3)4)18-9-11-5-6-12(16)8-13(11)17/h5-6,8,10,14,18H,7,9H2,1-4H3. The van der Waals surface area contributed by atoms with Crippen LogP contribution in [0.15, 0.2) is 18.2 Å². The third kappa shape index (κ3) is 5.31. The van der Waals surface area contributed by atoms with Crippen molar-refractivity contribution in [3.05, 3.63) is 33.8 Å². The van der Waals surface area contributed by atoms with Crippen molar-refractivity contribution >= 4 is 29.1 Å². The van der Waals surface area contributed by atoms with Crippen molar-refractivity contribution in [2.45, 2.75) is 32.9 Å². The van der Waals surface area contributed by atoms with Gasteiger partial charge in [-0.3, -0.25) is 4.79 Å². The second-order valence-corrected chi connectivity index (χ2v) is 6.38. The third-order valence-electron chi connectivity index (χ3n) is 3.00. The molecular formula is C15H22Cl2N2O. The average Bonchev–Trinajstić information content (AvgIpc) is 2.34. The van der Waals surface area contributed by atoms with Gasteiger partial charge in [-0.25, -0.2) is 0 Å². The van der Waals surface area contributed by atoms with Gasteiger partial charge >= 0.3 is 0 Å². The molecule has 1 rings (SSSR count). The van der Waals surface area contributed by atoms with Crippen molar-refractivity contribution in [2.75, 3.05) is 14.1 Å². The fourth-order valence-corrected chi connectivity index (χ4v) is 2.43. The molecule has 0 radical (unpaired) electrons. The molecule has 1 unspecified atom stereocenters. The van der Waals surface area contributed by atoms with Crippen LogP contribution in [0.1, 0.15) is 25.8 Å². The van der Waals surface area contributed by atoms with Gasteiger partial charge in [0, 0.05) is 30.7 Å². The van der Waals surface area contributed by atoms with Crippen LogP contribution in [0.4, 0.5) is 0 Å². The van der Waals surface area contributed by atoms with E-state index in [1.165, 1.54) is 0 Å². The second-order valence-electron chi connectivity index (χ2n) is 5.53. The number of likely N-dealkylation sites (N-methyl/N-ethyl adjacent to an activating group) is 1. The van der Waals surface area contributed by atoms with Gasteiger partial charge in [0.1, 0.15) is 0 Å². The lowest BCUT2D eigenvalue weighted by Crippen LogP contribution is -2.44. The summed E-state index contributed by atoms with van der Waals surface area (Å²) in [5.41, 5.74) is 0.941. The average molecular weight is 317 g/mol. The van der Waals surface area contributed by atoms with E-state index in [0.29, 0.717) is 22.5 Å². The highest BCUT2D eigenvalue weighted by Crippen LogP contribution is 2.21. The Hall–Kier alpha value is -0.770. The maximum Gasteiger partial charge on any atom is 0.239 e. The van der Waals surface area contributed by atoms with Crippen LogP contribution >= 0.6 is 23.2 Å². The van der Waals surface area contributed by atoms with Crippen LogP contribution in [0.25, 0.3) is 0 Å². The summed E-state index contributed by atoms with van der Waals surface area (Å²) in [4.78, 5) is 13.8. The molecule has 1 aromatic carbocycles. The zero-order valence-electron chi connectivity index (χ0n) is 12.4. The Morgan fingerprint density at radius 3 is 2.45 bits per heavy atom. The van der Waals surface area contributed by atoms with Crippen LogP contribution in [0, 0.1) is 5.92 Å². The molecule has 1 amide bonds. The highest BCUT2D eigenvalue weighted by molar-refractivity contribution is 6.35. The van der Waals surface area contributed by atoms with E-state index in [1.807, 2.05) is 6.07 Å². The zero-order chi connectivity index (χ0) is 15.3. The van der Waals surface area contributed by atoms with E-state index in [4.69, 9.17) is 23.2 Å². The number of carbonyl (C=O) groups excluding carboxylic acids is 1. The summed E-state index contributed by atoms with van der Waals surface area (Å²) < 4.78 is 0. The monoisotopic (exact) mass is 316 g/mol. The van der Waals surface area contributed by atoms with Gasteiger partial charge < -0.3 is 10.2 Å². The molecule has 5 heteroatoms. The fraction of sp³-hybridized carbons (Fsp3) is 0.533. The van der Waals surface area contributed by atoms with E-state index >= 15 is 0 Å². The molecule has 0 heterocycles. The molecule has 1 atom stereocenters. The van der Waals surface area contributed by atoms with Crippen LogP contribution in [-0.4, -0.2) is 30.9 Å². The normalized spacial score (nSPS) is 12.6. The number of halogens is 2. The third-order valence-corrected chi connectivity index (χ3v) is 3.59. The Kier molecular flexibility index (Phi) is 6.80. The lowest BCUT2D eigenvalue weighted by Gasteiger charge is -2.23. The number of nitrogens with one attached hydrogen (secondary N) is 1. The van der Waals surface area contributed by atoms with Crippen molar-refractivity contribution in [2.24, 2.45) is 5.92 Å². The molecule has 112 valence electrons. The van der Waals surface area contributed by atoms with Gasteiger partial charge in [0.2, 0.25) is 5.91 Å². The molecule has 1 N–H and O–H groups in total. The summed E-state index contributed by atoms with van der Waals surface area (Å²) in [6.45, 7) is 4.76. The molecule has 0 saturated carbocycles. The Labute approximate surface area is 131 Å². The number of hydrogen-bond acceptors (Lipinski definition) is 2. The molecule has 0 spiro atoms. The van der Waals surface area contributed by atoms with Crippen LogP contribution in [-0.2, 0) is 11.3 Å². The molecule has 20 heavy (non-hydrogen) atoms. The zero-order valence-corrected chi connectivity index (χ0v) is 13.9. The quantitative estimate of drug-likeness (QED) is 0.870. The molecule has 3 nitrogen and oxygen atoms in total. The summed E-state index contributed by atoms with van der Waals surface area (Å²) in [5, 5.41) is 4.52. The lowest BCUT2D eigenvalue weighted by molar-refractivity contribution is -0.131. The maximum atomic E-state index is 12.1. The van der Waals surface area contributed by atoms with Gasteiger partial charge in [-0.2, -0.15) is 0 Å². The first-order valence-electron chi connectivity index (χ1n) is 6.69. The second kappa shape index (κ2) is 7.87. The lowest BCUT2D eigenvalue weighted by atomic mass is 10.0. The molecule has 0 aliphatic rings. The summed E-state index contributed by atoms with van der Waals surface area (Å²) in [6.07, 6.45) is 0.794. The summed E-state index contributed by atoms with van der Waals surface area (Å²) >= 11 is 12.0. The predicted molar refractivity (Wildman–Crippen MR) is 85.2 cm³/mol. The summed E-state index contributed by atoms with van der Waals surface area (Å²) in [6, 6.07) is 5.20. The smallest absolute Gasteiger partial charge is 0.239 e. The molecule has 0 aliphatic heterocycles. The van der Waals surface area contributed by atoms with Crippen molar-refractivity contribution < 1.29 is 4.79 Å². The number of benzene rings is 1. The minimum atomic E-state index is -0.197. The van der Waals surface area contributed by atoms with Gasteiger partial charge in [-0.1, -0.05) is 43.1 Å². The largest absolute Gasteiger partial charge is 0.347 e. The molecule has 0 fully saturated rings. The highest BCUT2D eigenvalue weighted by Gasteiger charge is 2.21. The molecule has 0 bridgehead atoms. The Balaban J connectivity index is 2.72. The van der Waals surface area contributed by atoms with Crippen LogP contribution in [0.5, 0.6) is 0 Å². The van der Waals surface area contributed by atoms with E-state index in [9.17, 15) is 4.79 Å². The number of amides is 1. The van der Waals surface area contributed by atoms with Crippen molar-refractivity contribution in [3.8, 4) is 0 Å². The summed E-state index contributed by atoms with van der Waals surface area (Å²) in [5.74, 6) is 0.529. The fourth-order valence-electron chi connectivity index (χ4n) is 1.95. The van der Waals surface area contributed by atoms with Crippen LogP contribution in [0.2, 0.25) is 10.0 Å². The minimum absolute atomic E-state index is 0.0868. The van der Waals surface area contributed by atoms with Gasteiger partial charge in [0.05, 0.1) is 6.04 Å². The van der Waals surface area contributed by atoms with Gasteiger partial charge in [-0.15, -0.1) is 0 Å². The molecule has 0 saturated heterocycles. The molecule has 0 aromatic heterocycles. The predicted octanol–water partition coefficient (Wildman–Crippen LogP) is 3.59. The van der Waals surface area contributed by atoms with E-state index in [0.717, 1.165) is 12.0 Å². The van der Waals surface area contributed by atoms with Crippen molar-refractivity contribution in [1.82, 2.24) is 10.2 Å². The number of hydrogen-bond donors (Lipinski definition) is 1. The van der Waals surface area contributed by atoms with Crippen molar-refractivity contribution in [3.63, 3.8) is 0 Å². The van der Waals surface area contributed by atoms with Crippen LogP contribution in [0.3, 0.4) is 0 Å². The minimum Gasteiger partial charge on any atom is -0.347 e. The Morgan fingerprint density at radius 2 is 1.95 bits per heavy atom. The van der Waals surface area contributed by atoms with Gasteiger partial charge in [-0.05, 0) is 30.0 Å². The first-order chi connectivity index (χ1) is 9.31. The molecular weight excluding hydrogens is 295 g/mol. The Bertz CT molecular complexity index is 461. The van der Waals surface area contributed by atoms with E-state index in [1.54, 1.807) is 31.1 Å². The van der Waals surface area contributed by atoms with E-state index in [2.05, 4.69) is 19.2 Å². The number of nitrogens with zero attached hydrogens (tertiary/aromatic N) is 1. The highest BCUT2D eigenvalue weighted by atomic mass is 35.5. The first kappa shape index (κ1) is 17.3. The topological polar surface area (TPSA) is 32.3 Å². The summed E-state index contributed by atoms with van der Waals surface area (Å²) in [7, 11) is 3.54. The van der Waals surface area contributed by atoms with Crippen LogP contribution < -0.4 is 5.32 Å². The van der Waals surface area contributed by atoms with Gasteiger partial charge in [0.25, 0.3) is 0 Å². The molecule has 1 aromatic rings. The SMILES string of the molecule is CC(C)CC(NCc1ccc(Cl)cc1Cl)C(=O)N(C)C. The maximum absolute atomic E-state index is 12.1. The van der Waals surface area contributed by atoms with Gasteiger partial charge in [0.15, 0.2) is 0 Å². The number of carbonyl (C=O) groups is 1.